The molecule has 0 aromatic heterocycles. The number of hydrogen-bond acceptors (Lipinski definition) is 1. The van der Waals surface area contributed by atoms with Gasteiger partial charge < -0.3 is 10.2 Å². The van der Waals surface area contributed by atoms with Gasteiger partial charge in [-0.3, -0.25) is 0 Å². The Kier molecular flexibility index (Phi) is 4.52. The van der Waals surface area contributed by atoms with Crippen LogP contribution in [0, 0.1) is 5.41 Å². The van der Waals surface area contributed by atoms with Crippen molar-refractivity contribution in [1.82, 2.24) is 10.2 Å². The third kappa shape index (κ3) is 3.89. The fourth-order valence-corrected chi connectivity index (χ4v) is 3.36. The van der Waals surface area contributed by atoms with Crippen LogP contribution in [-0.4, -0.2) is 30.1 Å². The Morgan fingerprint density at radius 2 is 1.78 bits per heavy atom. The van der Waals surface area contributed by atoms with E-state index in [1.54, 1.807) is 0 Å². The van der Waals surface area contributed by atoms with Crippen molar-refractivity contribution in [3.63, 3.8) is 0 Å². The summed E-state index contributed by atoms with van der Waals surface area (Å²) in [6, 6.07) is 0.573. The van der Waals surface area contributed by atoms with Gasteiger partial charge in [-0.25, -0.2) is 4.79 Å². The molecule has 3 heteroatoms. The normalized spacial score (nSPS) is 28.6. The summed E-state index contributed by atoms with van der Waals surface area (Å²) in [5, 5.41) is 3.26. The minimum atomic E-state index is 0.180. The number of hydrogen-bond donors (Lipinski definition) is 1. The molecular formula is C15H28N2O. The zero-order valence-corrected chi connectivity index (χ0v) is 12.0. The van der Waals surface area contributed by atoms with Crippen LogP contribution < -0.4 is 5.32 Å². The molecule has 1 aliphatic carbocycles. The minimum absolute atomic E-state index is 0.180. The van der Waals surface area contributed by atoms with Gasteiger partial charge in [-0.15, -0.1) is 0 Å². The summed E-state index contributed by atoms with van der Waals surface area (Å²) in [6.45, 7) is 6.53. The van der Waals surface area contributed by atoms with E-state index in [1.165, 1.54) is 38.5 Å². The molecule has 0 aromatic carbocycles. The van der Waals surface area contributed by atoms with E-state index in [1.807, 2.05) is 4.90 Å². The van der Waals surface area contributed by atoms with Crippen molar-refractivity contribution in [3.8, 4) is 0 Å². The number of urea groups is 1. The third-order valence-corrected chi connectivity index (χ3v) is 4.43. The van der Waals surface area contributed by atoms with Gasteiger partial charge in [-0.2, -0.15) is 0 Å². The van der Waals surface area contributed by atoms with Gasteiger partial charge in [-0.1, -0.05) is 33.1 Å². The number of nitrogens with one attached hydrogen (secondary N) is 1. The maximum atomic E-state index is 12.2. The molecule has 2 fully saturated rings. The van der Waals surface area contributed by atoms with Crippen LogP contribution >= 0.6 is 0 Å². The van der Waals surface area contributed by atoms with E-state index >= 15 is 0 Å². The Morgan fingerprint density at radius 1 is 1.11 bits per heavy atom. The third-order valence-electron chi connectivity index (χ3n) is 4.43. The molecule has 0 spiro atoms. The predicted octanol–water partition coefficient (Wildman–Crippen LogP) is 3.54. The zero-order valence-electron chi connectivity index (χ0n) is 12.0. The smallest absolute Gasteiger partial charge is 0.317 e. The summed E-state index contributed by atoms with van der Waals surface area (Å²) in [5.41, 5.74) is 0.398. The van der Waals surface area contributed by atoms with Crippen LogP contribution in [0.2, 0.25) is 0 Å². The van der Waals surface area contributed by atoms with E-state index in [9.17, 15) is 4.79 Å². The van der Waals surface area contributed by atoms with Crippen LogP contribution in [0.4, 0.5) is 4.79 Å². The van der Waals surface area contributed by atoms with Crippen molar-refractivity contribution < 1.29 is 4.79 Å². The van der Waals surface area contributed by atoms with Crippen molar-refractivity contribution in [2.45, 2.75) is 71.3 Å². The van der Waals surface area contributed by atoms with Crippen LogP contribution in [0.25, 0.3) is 0 Å². The van der Waals surface area contributed by atoms with Crippen LogP contribution in [0.3, 0.4) is 0 Å². The highest BCUT2D eigenvalue weighted by Crippen LogP contribution is 2.35. The molecule has 18 heavy (non-hydrogen) atoms. The molecule has 2 amide bonds. The predicted molar refractivity (Wildman–Crippen MR) is 74.6 cm³/mol. The Morgan fingerprint density at radius 3 is 2.39 bits per heavy atom. The second-order valence-corrected chi connectivity index (χ2v) is 6.81. The maximum absolute atomic E-state index is 12.2. The fourth-order valence-electron chi connectivity index (χ4n) is 3.36. The first kappa shape index (κ1) is 13.7. The minimum Gasteiger partial charge on any atom is -0.335 e. The van der Waals surface area contributed by atoms with E-state index in [2.05, 4.69) is 19.2 Å². The number of carbonyl (C=O) groups is 1. The SMILES string of the molecule is CC1(C)CCCC(NC(=O)N2CCCCCC2)C1. The lowest BCUT2D eigenvalue weighted by atomic mass is 9.75. The molecule has 104 valence electrons. The Balaban J connectivity index is 1.82. The molecule has 1 unspecified atom stereocenters. The van der Waals surface area contributed by atoms with E-state index in [-0.39, 0.29) is 6.03 Å². The number of rotatable bonds is 1. The van der Waals surface area contributed by atoms with Crippen molar-refractivity contribution in [2.24, 2.45) is 5.41 Å². The van der Waals surface area contributed by atoms with Crippen LogP contribution in [-0.2, 0) is 0 Å². The first-order valence-electron chi connectivity index (χ1n) is 7.62. The Bertz CT molecular complexity index is 280. The van der Waals surface area contributed by atoms with E-state index in [4.69, 9.17) is 0 Å². The highest BCUT2D eigenvalue weighted by Gasteiger charge is 2.29. The summed E-state index contributed by atoms with van der Waals surface area (Å²) >= 11 is 0. The van der Waals surface area contributed by atoms with Crippen LogP contribution in [0.1, 0.15) is 65.2 Å². The summed E-state index contributed by atoms with van der Waals surface area (Å²) in [7, 11) is 0. The van der Waals surface area contributed by atoms with Gasteiger partial charge in [0.1, 0.15) is 0 Å². The van der Waals surface area contributed by atoms with Crippen molar-refractivity contribution >= 4 is 6.03 Å². The number of likely N-dealkylation sites (tertiary alicyclic amines) is 1. The molecule has 1 aliphatic heterocycles. The average Bonchev–Trinajstić information content (AvgIpc) is 2.55. The quantitative estimate of drug-likeness (QED) is 0.760. The fraction of sp³-hybridized carbons (Fsp3) is 0.933. The Hall–Kier alpha value is -0.730. The summed E-state index contributed by atoms with van der Waals surface area (Å²) < 4.78 is 0. The van der Waals surface area contributed by atoms with E-state index in [0.29, 0.717) is 11.5 Å². The molecule has 3 nitrogen and oxygen atoms in total. The topological polar surface area (TPSA) is 32.3 Å². The monoisotopic (exact) mass is 252 g/mol. The molecule has 0 radical (unpaired) electrons. The largest absolute Gasteiger partial charge is 0.335 e. The lowest BCUT2D eigenvalue weighted by molar-refractivity contribution is 0.170. The average molecular weight is 252 g/mol. The number of nitrogens with zero attached hydrogens (tertiary/aromatic N) is 1. The van der Waals surface area contributed by atoms with Crippen LogP contribution in [0.15, 0.2) is 0 Å². The molecule has 2 aliphatic rings. The van der Waals surface area contributed by atoms with Gasteiger partial charge in [0.15, 0.2) is 0 Å². The van der Waals surface area contributed by atoms with Gasteiger partial charge in [-0.05, 0) is 37.5 Å². The van der Waals surface area contributed by atoms with Gasteiger partial charge in [0, 0.05) is 19.1 Å². The summed E-state index contributed by atoms with van der Waals surface area (Å²) in [6.07, 6.45) is 9.73. The molecule has 0 aromatic rings. The summed E-state index contributed by atoms with van der Waals surface area (Å²) in [5.74, 6) is 0. The lowest BCUT2D eigenvalue weighted by Gasteiger charge is -2.36. The molecule has 2 rings (SSSR count). The van der Waals surface area contributed by atoms with Crippen molar-refractivity contribution in [3.05, 3.63) is 0 Å². The van der Waals surface area contributed by atoms with Gasteiger partial charge in [0.25, 0.3) is 0 Å². The second kappa shape index (κ2) is 5.94. The molecule has 0 bridgehead atoms. The van der Waals surface area contributed by atoms with Gasteiger partial charge >= 0.3 is 6.03 Å². The molecule has 1 saturated heterocycles. The van der Waals surface area contributed by atoms with E-state index in [0.717, 1.165) is 25.9 Å². The lowest BCUT2D eigenvalue weighted by Crippen LogP contribution is -2.47. The molecule has 1 saturated carbocycles. The maximum Gasteiger partial charge on any atom is 0.317 e. The highest BCUT2D eigenvalue weighted by atomic mass is 16.2. The van der Waals surface area contributed by atoms with E-state index < -0.39 is 0 Å². The van der Waals surface area contributed by atoms with Gasteiger partial charge in [0.2, 0.25) is 0 Å². The van der Waals surface area contributed by atoms with Crippen LogP contribution in [0.5, 0.6) is 0 Å². The zero-order chi connectivity index (χ0) is 13.0. The van der Waals surface area contributed by atoms with Crippen molar-refractivity contribution in [2.75, 3.05) is 13.1 Å². The second-order valence-electron chi connectivity index (χ2n) is 6.81. The molecular weight excluding hydrogens is 224 g/mol. The summed E-state index contributed by atoms with van der Waals surface area (Å²) in [4.78, 5) is 14.3. The molecule has 1 N–H and O–H groups in total. The first-order chi connectivity index (χ1) is 8.57. The van der Waals surface area contributed by atoms with Gasteiger partial charge in [0.05, 0.1) is 0 Å². The number of amides is 2. The standard InChI is InChI=1S/C15H28N2O/c1-15(2)9-7-8-13(12-15)16-14(18)17-10-5-3-4-6-11-17/h13H,3-12H2,1-2H3,(H,16,18). The molecule has 1 heterocycles. The van der Waals surface area contributed by atoms with Crippen molar-refractivity contribution in [1.29, 1.82) is 0 Å². The number of carbonyl (C=O) groups excluding carboxylic acids is 1. The molecule has 1 atom stereocenters. The first-order valence-corrected chi connectivity index (χ1v) is 7.62. The Labute approximate surface area is 111 Å². The highest BCUT2D eigenvalue weighted by molar-refractivity contribution is 5.74.